The quantitative estimate of drug-likeness (QED) is 0.156. The van der Waals surface area contributed by atoms with Gasteiger partial charge < -0.3 is 9.32 Å². The Hall–Kier alpha value is -7.42. The maximum Gasteiger partial charge on any atom is 0.136 e. The fraction of sp³-hybridized carbons (Fsp3) is 0. The minimum atomic E-state index is 0.858. The summed E-state index contributed by atoms with van der Waals surface area (Å²) < 4.78 is 6.58. The van der Waals surface area contributed by atoms with Gasteiger partial charge in [-0.15, -0.1) is 0 Å². The van der Waals surface area contributed by atoms with E-state index in [1.165, 1.54) is 27.8 Å². The summed E-state index contributed by atoms with van der Waals surface area (Å²) in [4.78, 5) is 2.44. The summed E-state index contributed by atoms with van der Waals surface area (Å²) in [6.07, 6.45) is 0. The molecule has 2 heteroatoms. The van der Waals surface area contributed by atoms with Gasteiger partial charge in [0.2, 0.25) is 0 Å². The van der Waals surface area contributed by atoms with Crippen LogP contribution in [0.25, 0.3) is 77.6 Å². The van der Waals surface area contributed by atoms with Crippen molar-refractivity contribution < 1.29 is 4.42 Å². The Morgan fingerprint density at radius 3 is 1.45 bits per heavy atom. The van der Waals surface area contributed by atoms with Crippen molar-refractivity contribution in [2.24, 2.45) is 0 Å². The van der Waals surface area contributed by atoms with Crippen LogP contribution in [0.4, 0.5) is 17.1 Å². The number of hydrogen-bond acceptors (Lipinski definition) is 2. The number of anilines is 3. The Morgan fingerprint density at radius 2 is 0.786 bits per heavy atom. The molecule has 0 atom stereocenters. The van der Waals surface area contributed by atoms with Gasteiger partial charge in [0, 0.05) is 27.6 Å². The van der Waals surface area contributed by atoms with E-state index in [1.807, 2.05) is 6.07 Å². The molecule has 0 bridgehead atoms. The lowest BCUT2D eigenvalue weighted by Crippen LogP contribution is -2.13. The smallest absolute Gasteiger partial charge is 0.136 e. The van der Waals surface area contributed by atoms with Gasteiger partial charge in [-0.25, -0.2) is 0 Å². The second-order valence-corrected chi connectivity index (χ2v) is 14.1. The topological polar surface area (TPSA) is 16.4 Å². The van der Waals surface area contributed by atoms with Crippen molar-refractivity contribution in [3.05, 3.63) is 224 Å². The van der Waals surface area contributed by atoms with Crippen LogP contribution in [0, 0.1) is 0 Å². The van der Waals surface area contributed by atoms with E-state index in [1.54, 1.807) is 0 Å². The molecular formula is C54H37NO. The standard InChI is InChI=1S/C54H37NO/c1-5-16-38(17-6-1)41-28-31-46(32-29-41)55(49-33-30-44(40-20-9-3-10-21-40)37-48(49)42-22-11-4-12-23-42)50-34-35-52-54(47-26-13-14-27-51(47)56-52)53(50)45-25-15-24-43(36-45)39-18-7-2-8-19-39/h1-37H. The molecule has 0 saturated heterocycles. The highest BCUT2D eigenvalue weighted by atomic mass is 16.3. The number of para-hydroxylation sites is 1. The molecule has 0 fully saturated rings. The Balaban J connectivity index is 1.28. The SMILES string of the molecule is c1ccc(-c2ccc(N(c3ccc(-c4ccccc4)cc3-c3ccccc3)c3ccc4oc5ccccc5c4c3-c3cccc(-c4ccccc4)c3)cc2)cc1. The summed E-state index contributed by atoms with van der Waals surface area (Å²) >= 11 is 0. The first kappa shape index (κ1) is 33.2. The minimum Gasteiger partial charge on any atom is -0.456 e. The zero-order chi connectivity index (χ0) is 37.3. The Morgan fingerprint density at radius 1 is 0.304 bits per heavy atom. The van der Waals surface area contributed by atoms with E-state index in [0.717, 1.165) is 66.8 Å². The second kappa shape index (κ2) is 14.4. The molecule has 1 heterocycles. The van der Waals surface area contributed by atoms with Gasteiger partial charge in [0.15, 0.2) is 0 Å². The van der Waals surface area contributed by atoms with Gasteiger partial charge >= 0.3 is 0 Å². The largest absolute Gasteiger partial charge is 0.456 e. The highest BCUT2D eigenvalue weighted by Crippen LogP contribution is 2.50. The van der Waals surface area contributed by atoms with Crippen LogP contribution in [0.3, 0.4) is 0 Å². The van der Waals surface area contributed by atoms with Crippen LogP contribution in [0.15, 0.2) is 229 Å². The minimum absolute atomic E-state index is 0.858. The van der Waals surface area contributed by atoms with Crippen LogP contribution >= 0.6 is 0 Å². The Kier molecular flexibility index (Phi) is 8.55. The highest BCUT2D eigenvalue weighted by Gasteiger charge is 2.25. The van der Waals surface area contributed by atoms with Crippen LogP contribution < -0.4 is 4.90 Å². The number of rotatable bonds is 8. The molecule has 56 heavy (non-hydrogen) atoms. The molecule has 0 aliphatic heterocycles. The molecule has 1 aromatic heterocycles. The van der Waals surface area contributed by atoms with Crippen molar-refractivity contribution in [3.8, 4) is 55.6 Å². The summed E-state index contributed by atoms with van der Waals surface area (Å²) in [5.41, 5.74) is 16.5. The zero-order valence-corrected chi connectivity index (χ0v) is 30.7. The number of hydrogen-bond donors (Lipinski definition) is 0. The van der Waals surface area contributed by atoms with E-state index >= 15 is 0 Å². The van der Waals surface area contributed by atoms with E-state index in [0.29, 0.717) is 0 Å². The summed E-state index contributed by atoms with van der Waals surface area (Å²) in [5, 5.41) is 2.18. The molecule has 0 saturated carbocycles. The maximum absolute atomic E-state index is 6.58. The fourth-order valence-corrected chi connectivity index (χ4v) is 8.00. The van der Waals surface area contributed by atoms with E-state index in [-0.39, 0.29) is 0 Å². The third kappa shape index (κ3) is 6.14. The third-order valence-corrected chi connectivity index (χ3v) is 10.7. The fourth-order valence-electron chi connectivity index (χ4n) is 8.00. The number of nitrogens with zero attached hydrogens (tertiary/aromatic N) is 1. The van der Waals surface area contributed by atoms with Crippen LogP contribution in [-0.4, -0.2) is 0 Å². The molecule has 10 aromatic rings. The summed E-state index contributed by atoms with van der Waals surface area (Å²) in [6.45, 7) is 0. The zero-order valence-electron chi connectivity index (χ0n) is 30.7. The molecular weight excluding hydrogens is 679 g/mol. The first-order valence-corrected chi connectivity index (χ1v) is 19.1. The Bertz CT molecular complexity index is 2930. The molecule has 0 unspecified atom stereocenters. The number of furan rings is 1. The molecule has 0 aliphatic carbocycles. The summed E-state index contributed by atoms with van der Waals surface area (Å²) in [5.74, 6) is 0. The summed E-state index contributed by atoms with van der Waals surface area (Å²) in [6, 6.07) is 80.1. The first-order chi connectivity index (χ1) is 27.8. The molecule has 0 spiro atoms. The van der Waals surface area contributed by atoms with Crippen LogP contribution in [0.1, 0.15) is 0 Å². The predicted octanol–water partition coefficient (Wildman–Crippen LogP) is 15.4. The van der Waals surface area contributed by atoms with Gasteiger partial charge in [-0.3, -0.25) is 0 Å². The van der Waals surface area contributed by atoms with Crippen molar-refractivity contribution in [3.63, 3.8) is 0 Å². The van der Waals surface area contributed by atoms with Gasteiger partial charge in [-0.05, 0) is 93.0 Å². The molecule has 2 nitrogen and oxygen atoms in total. The maximum atomic E-state index is 6.58. The lowest BCUT2D eigenvalue weighted by Gasteiger charge is -2.31. The van der Waals surface area contributed by atoms with Crippen LogP contribution in [0.2, 0.25) is 0 Å². The average molecular weight is 716 g/mol. The van der Waals surface area contributed by atoms with Crippen molar-refractivity contribution >= 4 is 39.0 Å². The average Bonchev–Trinajstić information content (AvgIpc) is 3.67. The van der Waals surface area contributed by atoms with Crippen molar-refractivity contribution in [1.29, 1.82) is 0 Å². The van der Waals surface area contributed by atoms with Gasteiger partial charge in [0.25, 0.3) is 0 Å². The monoisotopic (exact) mass is 715 g/mol. The van der Waals surface area contributed by atoms with E-state index in [9.17, 15) is 0 Å². The van der Waals surface area contributed by atoms with Crippen LogP contribution in [0.5, 0.6) is 0 Å². The van der Waals surface area contributed by atoms with Crippen molar-refractivity contribution in [2.75, 3.05) is 4.90 Å². The van der Waals surface area contributed by atoms with Gasteiger partial charge in [-0.1, -0.05) is 176 Å². The van der Waals surface area contributed by atoms with Gasteiger partial charge in [0.05, 0.1) is 11.4 Å². The molecule has 264 valence electrons. The predicted molar refractivity (Wildman–Crippen MR) is 236 cm³/mol. The van der Waals surface area contributed by atoms with Crippen molar-refractivity contribution in [1.82, 2.24) is 0 Å². The molecule has 9 aromatic carbocycles. The van der Waals surface area contributed by atoms with Gasteiger partial charge in [-0.2, -0.15) is 0 Å². The Labute approximate surface area is 327 Å². The van der Waals surface area contributed by atoms with E-state index in [2.05, 4.69) is 223 Å². The lowest BCUT2D eigenvalue weighted by molar-refractivity contribution is 0.669. The molecule has 10 rings (SSSR count). The summed E-state index contributed by atoms with van der Waals surface area (Å²) in [7, 11) is 0. The molecule has 0 radical (unpaired) electrons. The first-order valence-electron chi connectivity index (χ1n) is 19.1. The number of benzene rings is 9. The molecule has 0 amide bonds. The van der Waals surface area contributed by atoms with E-state index in [4.69, 9.17) is 4.42 Å². The van der Waals surface area contributed by atoms with E-state index < -0.39 is 0 Å². The molecule has 0 N–H and O–H groups in total. The number of fused-ring (bicyclic) bond motifs is 3. The third-order valence-electron chi connectivity index (χ3n) is 10.7. The van der Waals surface area contributed by atoms with Crippen molar-refractivity contribution in [2.45, 2.75) is 0 Å². The van der Waals surface area contributed by atoms with Gasteiger partial charge in [0.1, 0.15) is 11.2 Å². The second-order valence-electron chi connectivity index (χ2n) is 14.1. The highest BCUT2D eigenvalue weighted by molar-refractivity contribution is 6.17. The lowest BCUT2D eigenvalue weighted by atomic mass is 9.92. The van der Waals surface area contributed by atoms with Crippen LogP contribution in [-0.2, 0) is 0 Å². The normalized spacial score (nSPS) is 11.2. The molecule has 0 aliphatic rings.